The second-order valence-corrected chi connectivity index (χ2v) is 18.6. The van der Waals surface area contributed by atoms with Gasteiger partial charge in [0.15, 0.2) is 8.32 Å². The van der Waals surface area contributed by atoms with Crippen molar-refractivity contribution < 1.29 is 18.3 Å². The van der Waals surface area contributed by atoms with E-state index >= 15 is 0 Å². The molecule has 0 spiro atoms. The van der Waals surface area contributed by atoms with E-state index in [4.69, 9.17) is 25.7 Å². The van der Waals surface area contributed by atoms with Gasteiger partial charge in [0.2, 0.25) is 5.43 Å². The van der Waals surface area contributed by atoms with Crippen LogP contribution in [-0.4, -0.2) is 37.1 Å². The van der Waals surface area contributed by atoms with Crippen LogP contribution in [0.1, 0.15) is 76.0 Å². The van der Waals surface area contributed by atoms with Gasteiger partial charge in [-0.3, -0.25) is 4.79 Å². The lowest BCUT2D eigenvalue weighted by atomic mass is 9.86. The topological polar surface area (TPSA) is 70.4 Å². The Morgan fingerprint density at radius 2 is 1.82 bits per heavy atom. The summed E-state index contributed by atoms with van der Waals surface area (Å²) in [6, 6.07) is 6.19. The Kier molecular flexibility index (Phi) is 9.76. The fraction of sp³-hybridized carbons (Fsp3) is 0.500. The molecule has 40 heavy (non-hydrogen) atoms. The molecule has 0 aliphatic rings. The Bertz CT molecular complexity index is 1480. The zero-order valence-electron chi connectivity index (χ0n) is 24.7. The average molecular weight is 654 g/mol. The number of pyridine rings is 2. The zero-order chi connectivity index (χ0) is 30.2. The standard InChI is InChI=1S/C30H39BrClFN2O4Si/c1-10-38-28(37)21-16-35(23(29(2,3)4)17-39-40(8,9)30(5,6)7)27-20(25(21)36)15-19(26(31)34-27)14-18-12-11-13-22(32)24(18)33/h11-13,15-16,23H,10,14,17H2,1-9H3/t23-/m1/s1. The number of esters is 1. The minimum Gasteiger partial charge on any atom is -0.462 e. The second-order valence-electron chi connectivity index (χ2n) is 12.7. The summed E-state index contributed by atoms with van der Waals surface area (Å²) in [5, 5.41) is 0.264. The minimum absolute atomic E-state index is 0.00290. The number of hydrogen-bond acceptors (Lipinski definition) is 5. The van der Waals surface area contributed by atoms with Crippen molar-refractivity contribution in [2.45, 2.75) is 79.1 Å². The molecule has 0 saturated heterocycles. The molecule has 0 fully saturated rings. The highest BCUT2D eigenvalue weighted by molar-refractivity contribution is 9.10. The van der Waals surface area contributed by atoms with Gasteiger partial charge in [0, 0.05) is 12.6 Å². The van der Waals surface area contributed by atoms with E-state index in [2.05, 4.69) is 70.6 Å². The number of fused-ring (bicyclic) bond motifs is 1. The van der Waals surface area contributed by atoms with Crippen molar-refractivity contribution >= 4 is 52.9 Å². The van der Waals surface area contributed by atoms with Gasteiger partial charge in [-0.2, -0.15) is 0 Å². The molecule has 6 nitrogen and oxygen atoms in total. The molecule has 1 atom stereocenters. The number of halogens is 3. The van der Waals surface area contributed by atoms with E-state index in [0.29, 0.717) is 28.0 Å². The molecule has 3 rings (SSSR count). The highest BCUT2D eigenvalue weighted by atomic mass is 79.9. The van der Waals surface area contributed by atoms with Crippen LogP contribution in [0.4, 0.5) is 4.39 Å². The molecule has 0 N–H and O–H groups in total. The Balaban J connectivity index is 2.27. The van der Waals surface area contributed by atoms with Crippen molar-refractivity contribution in [1.82, 2.24) is 9.55 Å². The lowest BCUT2D eigenvalue weighted by Crippen LogP contribution is -2.43. The van der Waals surface area contributed by atoms with E-state index < -0.39 is 25.5 Å². The van der Waals surface area contributed by atoms with Crippen molar-refractivity contribution in [1.29, 1.82) is 0 Å². The smallest absolute Gasteiger partial charge is 0.343 e. The van der Waals surface area contributed by atoms with Gasteiger partial charge in [0.25, 0.3) is 0 Å². The van der Waals surface area contributed by atoms with E-state index in [-0.39, 0.29) is 45.5 Å². The highest BCUT2D eigenvalue weighted by Crippen LogP contribution is 2.40. The maximum atomic E-state index is 14.7. The first-order valence-electron chi connectivity index (χ1n) is 13.4. The maximum absolute atomic E-state index is 14.7. The minimum atomic E-state index is -2.12. The molecule has 0 bridgehead atoms. The third-order valence-corrected chi connectivity index (χ3v) is 13.2. The van der Waals surface area contributed by atoms with Gasteiger partial charge in [-0.15, -0.1) is 0 Å². The fourth-order valence-corrected chi connectivity index (χ4v) is 5.77. The third-order valence-electron chi connectivity index (χ3n) is 7.68. The van der Waals surface area contributed by atoms with Crippen LogP contribution >= 0.6 is 27.5 Å². The van der Waals surface area contributed by atoms with E-state index in [1.54, 1.807) is 31.3 Å². The van der Waals surface area contributed by atoms with Crippen LogP contribution in [-0.2, 0) is 15.6 Å². The number of aromatic nitrogens is 2. The van der Waals surface area contributed by atoms with Gasteiger partial charge in [-0.1, -0.05) is 65.3 Å². The van der Waals surface area contributed by atoms with Gasteiger partial charge in [0.1, 0.15) is 21.6 Å². The monoisotopic (exact) mass is 652 g/mol. The van der Waals surface area contributed by atoms with Crippen LogP contribution in [0.5, 0.6) is 0 Å². The molecule has 0 radical (unpaired) electrons. The van der Waals surface area contributed by atoms with Crippen LogP contribution in [0.15, 0.2) is 39.9 Å². The number of benzene rings is 1. The SMILES string of the molecule is CCOC(=O)c1cn([C@H](CO[Si](C)(C)C(C)(C)C)C(C)(C)C)c2nc(Br)c(Cc3cccc(Cl)c3F)cc2c1=O. The Morgan fingerprint density at radius 1 is 1.18 bits per heavy atom. The summed E-state index contributed by atoms with van der Waals surface area (Å²) < 4.78 is 29.0. The number of rotatable bonds is 8. The fourth-order valence-electron chi connectivity index (χ4n) is 4.15. The summed E-state index contributed by atoms with van der Waals surface area (Å²) in [4.78, 5) is 31.4. The molecular formula is C30H39BrClFN2O4Si. The molecule has 218 valence electrons. The predicted molar refractivity (Wildman–Crippen MR) is 166 cm³/mol. The van der Waals surface area contributed by atoms with Crippen molar-refractivity contribution in [3.8, 4) is 0 Å². The van der Waals surface area contributed by atoms with E-state index in [1.165, 1.54) is 6.07 Å². The molecule has 0 saturated carbocycles. The summed E-state index contributed by atoms with van der Waals surface area (Å²) in [6.07, 6.45) is 1.69. The third kappa shape index (κ3) is 6.86. The Hall–Kier alpha value is -2.07. The van der Waals surface area contributed by atoms with Crippen molar-refractivity contribution in [3.63, 3.8) is 0 Å². The number of carbonyl (C=O) groups excluding carboxylic acids is 1. The number of nitrogens with zero attached hydrogens (tertiary/aromatic N) is 2. The number of ether oxygens (including phenoxy) is 1. The lowest BCUT2D eigenvalue weighted by Gasteiger charge is -2.40. The molecular weight excluding hydrogens is 615 g/mol. The lowest BCUT2D eigenvalue weighted by molar-refractivity contribution is 0.0522. The second kappa shape index (κ2) is 12.0. The summed E-state index contributed by atoms with van der Waals surface area (Å²) in [7, 11) is -2.12. The molecule has 0 unspecified atom stereocenters. The molecule has 0 amide bonds. The zero-order valence-corrected chi connectivity index (χ0v) is 28.1. The van der Waals surface area contributed by atoms with Crippen molar-refractivity contribution in [2.75, 3.05) is 13.2 Å². The maximum Gasteiger partial charge on any atom is 0.343 e. The van der Waals surface area contributed by atoms with Gasteiger partial charge >= 0.3 is 5.97 Å². The van der Waals surface area contributed by atoms with Crippen LogP contribution in [0.25, 0.3) is 11.0 Å². The van der Waals surface area contributed by atoms with Crippen molar-refractivity contribution in [3.05, 3.63) is 72.8 Å². The van der Waals surface area contributed by atoms with Crippen LogP contribution in [0.2, 0.25) is 23.2 Å². The average Bonchev–Trinajstić information content (AvgIpc) is 2.82. The van der Waals surface area contributed by atoms with Crippen LogP contribution in [0, 0.1) is 11.2 Å². The first-order valence-corrected chi connectivity index (χ1v) is 17.4. The Labute approximate surface area is 250 Å². The van der Waals surface area contributed by atoms with Crippen molar-refractivity contribution in [2.24, 2.45) is 5.41 Å². The normalized spacial score (nSPS) is 13.5. The summed E-state index contributed by atoms with van der Waals surface area (Å²) in [5.74, 6) is -1.23. The van der Waals surface area contributed by atoms with Gasteiger partial charge in [0.05, 0.1) is 29.7 Å². The van der Waals surface area contributed by atoms with Gasteiger partial charge < -0.3 is 13.7 Å². The molecule has 0 aliphatic carbocycles. The predicted octanol–water partition coefficient (Wildman–Crippen LogP) is 8.33. The molecule has 0 aliphatic heterocycles. The van der Waals surface area contributed by atoms with Gasteiger partial charge in [-0.25, -0.2) is 14.2 Å². The Morgan fingerprint density at radius 3 is 2.40 bits per heavy atom. The van der Waals surface area contributed by atoms with Gasteiger partial charge in [-0.05, 0) is 69.7 Å². The largest absolute Gasteiger partial charge is 0.462 e. The highest BCUT2D eigenvalue weighted by Gasteiger charge is 2.39. The van der Waals surface area contributed by atoms with Crippen LogP contribution < -0.4 is 5.43 Å². The molecule has 2 aromatic heterocycles. The summed E-state index contributed by atoms with van der Waals surface area (Å²) >= 11 is 9.54. The van der Waals surface area contributed by atoms with E-state index in [0.717, 1.165) is 0 Å². The number of carbonyl (C=O) groups is 1. The quantitative estimate of drug-likeness (QED) is 0.139. The summed E-state index contributed by atoms with van der Waals surface area (Å²) in [6.45, 7) is 19.4. The van der Waals surface area contributed by atoms with E-state index in [9.17, 15) is 14.0 Å². The molecule has 10 heteroatoms. The number of hydrogen-bond donors (Lipinski definition) is 0. The van der Waals surface area contributed by atoms with Crippen LogP contribution in [0.3, 0.4) is 0 Å². The molecule has 1 aromatic carbocycles. The first kappa shape index (κ1) is 32.4. The molecule has 2 heterocycles. The first-order chi connectivity index (χ1) is 18.4. The summed E-state index contributed by atoms with van der Waals surface area (Å²) in [5.41, 5.74) is 0.455. The van der Waals surface area contributed by atoms with E-state index in [1.807, 2.05) is 4.57 Å². The molecule has 3 aromatic rings.